The van der Waals surface area contributed by atoms with Gasteiger partial charge in [-0.25, -0.2) is 4.79 Å². The minimum atomic E-state index is -0.501. The lowest BCUT2D eigenvalue weighted by molar-refractivity contribution is 0.0523. The van der Waals surface area contributed by atoms with E-state index < -0.39 is 5.97 Å². The van der Waals surface area contributed by atoms with Crippen LogP contribution in [0.1, 0.15) is 34.1 Å². The van der Waals surface area contributed by atoms with Crippen LogP contribution in [0.3, 0.4) is 0 Å². The molecule has 1 aromatic carbocycles. The summed E-state index contributed by atoms with van der Waals surface area (Å²) < 4.78 is 4.89. The van der Waals surface area contributed by atoms with Crippen LogP contribution in [0.4, 0.5) is 0 Å². The monoisotopic (exact) mass is 272 g/mol. The molecule has 0 fully saturated rings. The molecule has 3 nitrogen and oxygen atoms in total. The Morgan fingerprint density at radius 1 is 1.35 bits per heavy atom. The van der Waals surface area contributed by atoms with E-state index in [0.29, 0.717) is 10.5 Å². The van der Waals surface area contributed by atoms with Crippen LogP contribution in [0, 0.1) is 0 Å². The number of rotatable bonds is 5. The smallest absolute Gasteiger partial charge is 0.338 e. The number of halogens is 1. The third-order valence-electron chi connectivity index (χ3n) is 2.12. The van der Waals surface area contributed by atoms with Crippen molar-refractivity contribution in [1.29, 1.82) is 0 Å². The Hall–Kier alpha value is -1.00. The first kappa shape index (κ1) is 14.1. The maximum Gasteiger partial charge on any atom is 0.338 e. The van der Waals surface area contributed by atoms with Crippen molar-refractivity contribution in [3.05, 3.63) is 29.3 Å². The molecule has 0 heterocycles. The fourth-order valence-electron chi connectivity index (χ4n) is 1.37. The number of carbonyl (C=O) groups excluding carboxylic acids is 2. The average molecular weight is 273 g/mol. The second kappa shape index (κ2) is 6.67. The maximum atomic E-state index is 11.8. The molecule has 0 bridgehead atoms. The zero-order valence-electron chi connectivity index (χ0n) is 9.40. The van der Waals surface area contributed by atoms with Gasteiger partial charge >= 0.3 is 5.97 Å². The van der Waals surface area contributed by atoms with Crippen LogP contribution in [0.5, 0.6) is 0 Å². The predicted molar refractivity (Wildman–Crippen MR) is 69.3 cm³/mol. The number of carbonyl (C=O) groups is 2. The normalized spacial score (nSPS) is 10.1. The maximum absolute atomic E-state index is 11.8. The highest BCUT2D eigenvalue weighted by molar-refractivity contribution is 7.80. The van der Waals surface area contributed by atoms with Crippen molar-refractivity contribution >= 4 is 36.0 Å². The zero-order chi connectivity index (χ0) is 12.8. The van der Waals surface area contributed by atoms with Crippen molar-refractivity contribution in [3.8, 4) is 0 Å². The number of Topliss-reactive ketones (excluding diaryl/α,β-unsaturated/α-hetero) is 1. The zero-order valence-corrected chi connectivity index (χ0v) is 11.1. The summed E-state index contributed by atoms with van der Waals surface area (Å²) in [5, 5.41) is 0. The van der Waals surface area contributed by atoms with Crippen molar-refractivity contribution in [2.45, 2.75) is 18.2 Å². The molecule has 0 aliphatic rings. The lowest BCUT2D eigenvalue weighted by Gasteiger charge is -2.08. The molecule has 0 aromatic heterocycles. The number of ether oxygens (including phenoxy) is 1. The molecule has 0 aliphatic carbocycles. The topological polar surface area (TPSA) is 43.4 Å². The van der Waals surface area contributed by atoms with E-state index in [4.69, 9.17) is 16.3 Å². The minimum Gasteiger partial charge on any atom is -0.462 e. The highest BCUT2D eigenvalue weighted by atomic mass is 35.5. The summed E-state index contributed by atoms with van der Waals surface area (Å²) in [5.41, 5.74) is 0.580. The van der Waals surface area contributed by atoms with E-state index in [2.05, 4.69) is 12.6 Å². The van der Waals surface area contributed by atoms with Crippen molar-refractivity contribution in [2.24, 2.45) is 0 Å². The molecular weight excluding hydrogens is 260 g/mol. The van der Waals surface area contributed by atoms with Crippen LogP contribution in [0.25, 0.3) is 0 Å². The fourth-order valence-corrected chi connectivity index (χ4v) is 1.75. The lowest BCUT2D eigenvalue weighted by atomic mass is 10.0. The van der Waals surface area contributed by atoms with E-state index in [1.54, 1.807) is 25.1 Å². The summed E-state index contributed by atoms with van der Waals surface area (Å²) in [6.07, 6.45) is 0.186. The number of ketones is 1. The standard InChI is InChI=1S/C12H13ClO3S/c1-2-16-12(15)9-4-3-8(17)7-10(9)11(14)5-6-13/h3-4,7,17H,2,5-6H2,1H3. The van der Waals surface area contributed by atoms with Crippen LogP contribution >= 0.6 is 24.2 Å². The van der Waals surface area contributed by atoms with Gasteiger partial charge in [0.2, 0.25) is 0 Å². The largest absolute Gasteiger partial charge is 0.462 e. The molecule has 0 spiro atoms. The average Bonchev–Trinajstić information content (AvgIpc) is 2.29. The van der Waals surface area contributed by atoms with Gasteiger partial charge in [-0.15, -0.1) is 24.2 Å². The van der Waals surface area contributed by atoms with E-state index >= 15 is 0 Å². The van der Waals surface area contributed by atoms with Crippen LogP contribution in [0.2, 0.25) is 0 Å². The highest BCUT2D eigenvalue weighted by Gasteiger charge is 2.17. The number of hydrogen-bond donors (Lipinski definition) is 1. The van der Waals surface area contributed by atoms with Crippen LogP contribution in [-0.4, -0.2) is 24.2 Å². The van der Waals surface area contributed by atoms with E-state index in [1.165, 1.54) is 0 Å². The van der Waals surface area contributed by atoms with Crippen LogP contribution < -0.4 is 0 Å². The summed E-state index contributed by atoms with van der Waals surface area (Å²) in [4.78, 5) is 24.1. The lowest BCUT2D eigenvalue weighted by Crippen LogP contribution is -2.12. The number of benzene rings is 1. The molecule has 0 saturated heterocycles. The molecule has 0 amide bonds. The SMILES string of the molecule is CCOC(=O)c1ccc(S)cc1C(=O)CCCl. The number of esters is 1. The summed E-state index contributed by atoms with van der Waals surface area (Å²) in [5.74, 6) is -0.463. The minimum absolute atomic E-state index is 0.182. The van der Waals surface area contributed by atoms with Gasteiger partial charge in [0.05, 0.1) is 12.2 Å². The first-order valence-electron chi connectivity index (χ1n) is 5.19. The Kier molecular flexibility index (Phi) is 5.51. The number of alkyl halides is 1. The van der Waals surface area contributed by atoms with E-state index in [1.807, 2.05) is 0 Å². The molecule has 1 rings (SSSR count). The van der Waals surface area contributed by atoms with E-state index in [0.717, 1.165) is 0 Å². The van der Waals surface area contributed by atoms with E-state index in [9.17, 15) is 9.59 Å². The molecule has 0 aliphatic heterocycles. The van der Waals surface area contributed by atoms with Gasteiger partial charge in [-0.3, -0.25) is 4.79 Å². The van der Waals surface area contributed by atoms with Gasteiger partial charge in [0.25, 0.3) is 0 Å². The van der Waals surface area contributed by atoms with Crippen molar-refractivity contribution in [3.63, 3.8) is 0 Å². The van der Waals surface area contributed by atoms with Gasteiger partial charge < -0.3 is 4.74 Å². The van der Waals surface area contributed by atoms with Gasteiger partial charge in [0, 0.05) is 22.8 Å². The van der Waals surface area contributed by atoms with Gasteiger partial charge in [0.1, 0.15) is 0 Å². The molecule has 0 atom stereocenters. The molecular formula is C12H13ClO3S. The van der Waals surface area contributed by atoms with Crippen LogP contribution in [-0.2, 0) is 4.74 Å². The van der Waals surface area contributed by atoms with Gasteiger partial charge in [-0.2, -0.15) is 0 Å². The Labute approximate surface area is 111 Å². The van der Waals surface area contributed by atoms with Gasteiger partial charge in [-0.05, 0) is 25.1 Å². The second-order valence-electron chi connectivity index (χ2n) is 3.31. The highest BCUT2D eigenvalue weighted by Crippen LogP contribution is 2.18. The van der Waals surface area contributed by atoms with Crippen molar-refractivity contribution < 1.29 is 14.3 Å². The van der Waals surface area contributed by atoms with E-state index in [-0.39, 0.29) is 30.3 Å². The molecule has 0 radical (unpaired) electrons. The summed E-state index contributed by atoms with van der Waals surface area (Å²) in [6, 6.07) is 4.75. The molecule has 0 N–H and O–H groups in total. The number of hydrogen-bond acceptors (Lipinski definition) is 4. The quantitative estimate of drug-likeness (QED) is 0.388. The molecule has 5 heteroatoms. The third-order valence-corrected chi connectivity index (χ3v) is 2.59. The predicted octanol–water partition coefficient (Wildman–Crippen LogP) is 2.96. The van der Waals surface area contributed by atoms with Crippen molar-refractivity contribution in [2.75, 3.05) is 12.5 Å². The second-order valence-corrected chi connectivity index (χ2v) is 4.21. The van der Waals surface area contributed by atoms with Crippen LogP contribution in [0.15, 0.2) is 23.1 Å². The van der Waals surface area contributed by atoms with Gasteiger partial charge in [-0.1, -0.05) is 0 Å². The Morgan fingerprint density at radius 2 is 2.06 bits per heavy atom. The van der Waals surface area contributed by atoms with Gasteiger partial charge in [0.15, 0.2) is 5.78 Å². The molecule has 92 valence electrons. The summed E-state index contributed by atoms with van der Waals surface area (Å²) in [7, 11) is 0. The summed E-state index contributed by atoms with van der Waals surface area (Å²) in [6.45, 7) is 1.98. The third kappa shape index (κ3) is 3.75. The molecule has 0 saturated carbocycles. The first-order chi connectivity index (χ1) is 8.10. The number of thiol groups is 1. The molecule has 0 unspecified atom stereocenters. The fraction of sp³-hybridized carbons (Fsp3) is 0.333. The Balaban J connectivity index is 3.11. The molecule has 1 aromatic rings. The molecule has 17 heavy (non-hydrogen) atoms. The summed E-state index contributed by atoms with van der Waals surface area (Å²) >= 11 is 9.67. The Morgan fingerprint density at radius 3 is 2.65 bits per heavy atom. The first-order valence-corrected chi connectivity index (χ1v) is 6.17. The van der Waals surface area contributed by atoms with Crippen molar-refractivity contribution in [1.82, 2.24) is 0 Å². The Bertz CT molecular complexity index is 432.